The summed E-state index contributed by atoms with van der Waals surface area (Å²) in [5.74, 6) is 2.74. The van der Waals surface area contributed by atoms with Gasteiger partial charge in [0.05, 0.1) is 0 Å². The molecule has 0 nitrogen and oxygen atoms in total. The molecule has 0 aromatic heterocycles. The SMILES string of the molecule is CC#[C][Na]. The summed E-state index contributed by atoms with van der Waals surface area (Å²) in [6, 6.07) is 0. The predicted octanol–water partition coefficient (Wildman–Crippen LogP) is 0.136. The molecule has 0 unspecified atom stereocenters. The molecule has 0 aliphatic heterocycles. The Labute approximate surface area is 44.0 Å². The molecule has 16 valence electrons. The minimum absolute atomic E-state index is 1.03. The predicted molar refractivity (Wildman–Crippen MR) is 19.2 cm³/mol. The summed E-state index contributed by atoms with van der Waals surface area (Å²) < 4.78 is 2.82. The van der Waals surface area contributed by atoms with Crippen LogP contribution < -0.4 is 0 Å². The van der Waals surface area contributed by atoms with Crippen molar-refractivity contribution >= 4 is 27.9 Å². The first kappa shape index (κ1) is 4.56. The van der Waals surface area contributed by atoms with Crippen LogP contribution in [0.25, 0.3) is 0 Å². The van der Waals surface area contributed by atoms with Gasteiger partial charge in [0.2, 0.25) is 0 Å². The molecule has 0 heterocycles. The first-order chi connectivity index (χ1) is 1.91. The second-order valence-electron chi connectivity index (χ2n) is 0.500. The molecule has 0 saturated heterocycles. The summed E-state index contributed by atoms with van der Waals surface area (Å²) in [6.07, 6.45) is 0. The van der Waals surface area contributed by atoms with E-state index in [1.807, 2.05) is 6.92 Å². The molecular formula is C3H3Na. The summed E-state index contributed by atoms with van der Waals surface area (Å²) in [5, 5.41) is 0. The molecule has 0 atom stereocenters. The van der Waals surface area contributed by atoms with Gasteiger partial charge in [-0.15, -0.1) is 0 Å². The van der Waals surface area contributed by atoms with Gasteiger partial charge in [-0.3, -0.25) is 0 Å². The van der Waals surface area contributed by atoms with Crippen molar-refractivity contribution in [2.75, 3.05) is 0 Å². The van der Waals surface area contributed by atoms with Crippen molar-refractivity contribution in [1.82, 2.24) is 0 Å². The van der Waals surface area contributed by atoms with E-state index in [4.69, 9.17) is 0 Å². The summed E-state index contributed by atoms with van der Waals surface area (Å²) >= 11 is 1.03. The van der Waals surface area contributed by atoms with Crippen LogP contribution in [-0.2, 0) is 0 Å². The van der Waals surface area contributed by atoms with E-state index in [-0.39, 0.29) is 0 Å². The van der Waals surface area contributed by atoms with Crippen LogP contribution in [0.4, 0.5) is 0 Å². The Balaban J connectivity index is 2.83. The molecular weight excluding hydrogens is 59.0 g/mol. The van der Waals surface area contributed by atoms with Gasteiger partial charge in [0.1, 0.15) is 0 Å². The molecule has 0 fully saturated rings. The molecule has 0 N–H and O–H groups in total. The zero-order chi connectivity index (χ0) is 3.41. The fourth-order valence-electron chi connectivity index (χ4n) is 0. The van der Waals surface area contributed by atoms with E-state index < -0.39 is 0 Å². The third-order valence-electron chi connectivity index (χ3n) is 0.250. The average molecular weight is 62.0 g/mol. The number of hydrogen-bond acceptors (Lipinski definition) is 0. The van der Waals surface area contributed by atoms with Gasteiger partial charge in [-0.05, 0) is 0 Å². The van der Waals surface area contributed by atoms with Gasteiger partial charge in [-0.1, -0.05) is 0 Å². The molecule has 0 bridgehead atoms. The van der Waals surface area contributed by atoms with Crippen LogP contribution >= 0.6 is 0 Å². The third kappa shape index (κ3) is 2.56. The van der Waals surface area contributed by atoms with Crippen LogP contribution in [0.3, 0.4) is 0 Å². The Morgan fingerprint density at radius 1 is 1.75 bits per heavy atom. The zero-order valence-corrected chi connectivity index (χ0v) is 5.00. The van der Waals surface area contributed by atoms with Crippen LogP contribution in [-0.4, -0.2) is 27.9 Å². The Morgan fingerprint density at radius 3 is 2.00 bits per heavy atom. The van der Waals surface area contributed by atoms with Crippen molar-refractivity contribution in [3.05, 3.63) is 0 Å². The van der Waals surface area contributed by atoms with Crippen molar-refractivity contribution in [2.24, 2.45) is 0 Å². The Morgan fingerprint density at radius 2 is 2.00 bits per heavy atom. The Bertz CT molecular complexity index is 40.0. The molecule has 0 aliphatic rings. The van der Waals surface area contributed by atoms with Gasteiger partial charge < -0.3 is 0 Å². The standard InChI is InChI=1S/C3H3.Na/c1-3-2;/h1H3;. The normalized spacial score (nSPS) is 3.75. The van der Waals surface area contributed by atoms with E-state index in [9.17, 15) is 0 Å². The number of rotatable bonds is 0. The molecule has 0 amide bonds. The summed E-state index contributed by atoms with van der Waals surface area (Å²) in [4.78, 5) is 0. The van der Waals surface area contributed by atoms with Crippen molar-refractivity contribution < 1.29 is 0 Å². The first-order valence-electron chi connectivity index (χ1n) is 1.25. The van der Waals surface area contributed by atoms with Crippen LogP contribution in [0, 0.1) is 9.09 Å². The number of hydrogen-bond donors (Lipinski definition) is 0. The van der Waals surface area contributed by atoms with Gasteiger partial charge in [0, 0.05) is 0 Å². The Hall–Kier alpha value is 0.560. The third-order valence-corrected chi connectivity index (χ3v) is 0.750. The molecule has 0 rings (SSSR count). The maximum atomic E-state index is 2.82. The zero-order valence-electron chi connectivity index (χ0n) is 3.00. The summed E-state index contributed by atoms with van der Waals surface area (Å²) in [6.45, 7) is 1.85. The van der Waals surface area contributed by atoms with E-state index in [2.05, 4.69) is 9.09 Å². The van der Waals surface area contributed by atoms with Crippen molar-refractivity contribution in [1.29, 1.82) is 0 Å². The maximum absolute atomic E-state index is 2.82. The van der Waals surface area contributed by atoms with E-state index >= 15 is 0 Å². The second-order valence-corrected chi connectivity index (χ2v) is 1.00. The molecule has 0 aromatic rings. The van der Waals surface area contributed by atoms with E-state index in [0.29, 0.717) is 0 Å². The van der Waals surface area contributed by atoms with Gasteiger partial charge in [0.15, 0.2) is 0 Å². The van der Waals surface area contributed by atoms with Crippen LogP contribution in [0.1, 0.15) is 6.92 Å². The van der Waals surface area contributed by atoms with E-state index in [0.717, 1.165) is 27.9 Å². The van der Waals surface area contributed by atoms with Crippen LogP contribution in [0.2, 0.25) is 0 Å². The first-order valence-corrected chi connectivity index (χ1v) is 2.25. The monoisotopic (exact) mass is 62.0 g/mol. The average Bonchev–Trinajstić information content (AvgIpc) is 1.37. The van der Waals surface area contributed by atoms with Crippen molar-refractivity contribution in [2.45, 2.75) is 6.92 Å². The van der Waals surface area contributed by atoms with Gasteiger partial charge in [-0.25, -0.2) is 0 Å². The summed E-state index contributed by atoms with van der Waals surface area (Å²) in [7, 11) is 0. The fraction of sp³-hybridized carbons (Fsp3) is 0.333. The fourth-order valence-corrected chi connectivity index (χ4v) is 0. The van der Waals surface area contributed by atoms with Crippen molar-refractivity contribution in [3.8, 4) is 9.09 Å². The Kier molecular flexibility index (Phi) is 4.06. The van der Waals surface area contributed by atoms with Crippen molar-refractivity contribution in [3.63, 3.8) is 0 Å². The quantitative estimate of drug-likeness (QED) is 0.276. The van der Waals surface area contributed by atoms with E-state index in [1.165, 1.54) is 0 Å². The molecule has 4 heavy (non-hydrogen) atoms. The molecule has 0 saturated carbocycles. The van der Waals surface area contributed by atoms with Gasteiger partial charge >= 0.3 is 43.9 Å². The molecule has 0 aromatic carbocycles. The molecule has 0 spiro atoms. The molecule has 0 aliphatic carbocycles. The summed E-state index contributed by atoms with van der Waals surface area (Å²) in [5.41, 5.74) is 0. The van der Waals surface area contributed by atoms with E-state index in [1.54, 1.807) is 0 Å². The minimum atomic E-state index is 1.03. The van der Waals surface area contributed by atoms with Gasteiger partial charge in [0.25, 0.3) is 0 Å². The van der Waals surface area contributed by atoms with Crippen LogP contribution in [0.15, 0.2) is 0 Å². The topological polar surface area (TPSA) is 0 Å². The second kappa shape index (κ2) is 3.56. The van der Waals surface area contributed by atoms with Crippen LogP contribution in [0.5, 0.6) is 0 Å². The molecule has 0 radical (unpaired) electrons. The van der Waals surface area contributed by atoms with Gasteiger partial charge in [-0.2, -0.15) is 0 Å². The molecule has 1 heteroatoms.